The van der Waals surface area contributed by atoms with E-state index < -0.39 is 10.0 Å². The lowest BCUT2D eigenvalue weighted by molar-refractivity contribution is 0.601. The Hall–Kier alpha value is -1.95. The molecule has 0 saturated heterocycles. The Balaban J connectivity index is 2.22. The van der Waals surface area contributed by atoms with E-state index in [2.05, 4.69) is 28.5 Å². The van der Waals surface area contributed by atoms with Crippen LogP contribution in [0.25, 0.3) is 0 Å². The predicted molar refractivity (Wildman–Crippen MR) is 78.0 cm³/mol. The number of aromatic nitrogens is 2. The number of nitrogens with zero attached hydrogens (tertiary/aromatic N) is 2. The molecule has 0 saturated carbocycles. The van der Waals surface area contributed by atoms with Gasteiger partial charge in [-0.2, -0.15) is 0 Å². The van der Waals surface area contributed by atoms with Crippen LogP contribution in [-0.4, -0.2) is 18.4 Å². The molecular formula is C14H17N3O2S. The van der Waals surface area contributed by atoms with E-state index in [9.17, 15) is 8.42 Å². The van der Waals surface area contributed by atoms with E-state index in [0.717, 1.165) is 12.0 Å². The molecule has 0 aliphatic rings. The summed E-state index contributed by atoms with van der Waals surface area (Å²) < 4.78 is 26.7. The highest BCUT2D eigenvalue weighted by molar-refractivity contribution is 7.92. The number of rotatable bonds is 5. The SMILES string of the molecule is CC[C@H](C)c1ccc(S(=O)(=O)Nc2cnccn2)cc1. The van der Waals surface area contributed by atoms with Gasteiger partial charge in [-0.1, -0.05) is 26.0 Å². The van der Waals surface area contributed by atoms with Crippen molar-refractivity contribution in [2.45, 2.75) is 31.1 Å². The van der Waals surface area contributed by atoms with Crippen LogP contribution in [0.5, 0.6) is 0 Å². The average molecular weight is 291 g/mol. The molecule has 20 heavy (non-hydrogen) atoms. The summed E-state index contributed by atoms with van der Waals surface area (Å²) >= 11 is 0. The zero-order valence-corrected chi connectivity index (χ0v) is 12.3. The van der Waals surface area contributed by atoms with Crippen LogP contribution in [0, 0.1) is 0 Å². The normalized spacial score (nSPS) is 12.9. The highest BCUT2D eigenvalue weighted by atomic mass is 32.2. The molecule has 0 aliphatic heterocycles. The monoisotopic (exact) mass is 291 g/mol. The van der Waals surface area contributed by atoms with Gasteiger partial charge in [0.1, 0.15) is 0 Å². The minimum absolute atomic E-state index is 0.207. The van der Waals surface area contributed by atoms with Crippen LogP contribution in [0.3, 0.4) is 0 Å². The smallest absolute Gasteiger partial charge is 0.262 e. The molecule has 2 rings (SSSR count). The average Bonchev–Trinajstić information content (AvgIpc) is 2.47. The predicted octanol–water partition coefficient (Wildman–Crippen LogP) is 2.79. The van der Waals surface area contributed by atoms with Crippen LogP contribution in [0.15, 0.2) is 47.8 Å². The fraction of sp³-hybridized carbons (Fsp3) is 0.286. The van der Waals surface area contributed by atoms with Crippen LogP contribution in [-0.2, 0) is 10.0 Å². The first-order valence-electron chi connectivity index (χ1n) is 6.41. The van der Waals surface area contributed by atoms with Crippen molar-refractivity contribution in [3.63, 3.8) is 0 Å². The number of anilines is 1. The number of hydrogen-bond acceptors (Lipinski definition) is 4. The topological polar surface area (TPSA) is 72.0 Å². The zero-order valence-electron chi connectivity index (χ0n) is 11.4. The number of hydrogen-bond donors (Lipinski definition) is 1. The molecule has 0 aliphatic carbocycles. The molecule has 0 bridgehead atoms. The van der Waals surface area contributed by atoms with Gasteiger partial charge >= 0.3 is 0 Å². The molecule has 1 N–H and O–H groups in total. The van der Waals surface area contributed by atoms with E-state index >= 15 is 0 Å². The largest absolute Gasteiger partial charge is 0.263 e. The van der Waals surface area contributed by atoms with E-state index in [1.165, 1.54) is 18.6 Å². The quantitative estimate of drug-likeness (QED) is 0.919. The van der Waals surface area contributed by atoms with Crippen LogP contribution >= 0.6 is 0 Å². The fourth-order valence-corrected chi connectivity index (χ4v) is 2.75. The number of sulfonamides is 1. The molecule has 1 heterocycles. The van der Waals surface area contributed by atoms with Gasteiger partial charge in [-0.05, 0) is 30.0 Å². The molecule has 0 amide bonds. The highest BCUT2D eigenvalue weighted by Crippen LogP contribution is 2.21. The maximum Gasteiger partial charge on any atom is 0.263 e. The van der Waals surface area contributed by atoms with Gasteiger partial charge in [0.05, 0.1) is 11.1 Å². The van der Waals surface area contributed by atoms with Gasteiger partial charge in [0, 0.05) is 12.4 Å². The molecule has 106 valence electrons. The summed E-state index contributed by atoms with van der Waals surface area (Å²) in [6.45, 7) is 4.21. The summed E-state index contributed by atoms with van der Waals surface area (Å²) in [5.74, 6) is 0.623. The van der Waals surface area contributed by atoms with Gasteiger partial charge in [0.2, 0.25) is 0 Å². The molecular weight excluding hydrogens is 274 g/mol. The lowest BCUT2D eigenvalue weighted by atomic mass is 9.99. The van der Waals surface area contributed by atoms with Crippen LogP contribution < -0.4 is 4.72 Å². The molecule has 1 aromatic carbocycles. The Morgan fingerprint density at radius 3 is 2.45 bits per heavy atom. The van der Waals surface area contributed by atoms with E-state index in [1.54, 1.807) is 12.1 Å². The fourth-order valence-electron chi connectivity index (χ4n) is 1.76. The van der Waals surface area contributed by atoms with Crippen LogP contribution in [0.1, 0.15) is 31.7 Å². The zero-order chi connectivity index (χ0) is 14.6. The molecule has 5 nitrogen and oxygen atoms in total. The second-order valence-corrected chi connectivity index (χ2v) is 6.26. The Morgan fingerprint density at radius 2 is 1.90 bits per heavy atom. The third kappa shape index (κ3) is 3.33. The molecule has 0 unspecified atom stereocenters. The van der Waals surface area contributed by atoms with Gasteiger partial charge < -0.3 is 0 Å². The summed E-state index contributed by atoms with van der Waals surface area (Å²) in [5, 5.41) is 0. The van der Waals surface area contributed by atoms with E-state index in [-0.39, 0.29) is 10.7 Å². The molecule has 1 atom stereocenters. The number of nitrogens with one attached hydrogen (secondary N) is 1. The van der Waals surface area contributed by atoms with E-state index in [1.807, 2.05) is 12.1 Å². The maximum atomic E-state index is 12.2. The number of benzene rings is 1. The Kier molecular flexibility index (Phi) is 4.34. The molecule has 0 radical (unpaired) electrons. The highest BCUT2D eigenvalue weighted by Gasteiger charge is 2.15. The van der Waals surface area contributed by atoms with E-state index in [4.69, 9.17) is 0 Å². The summed E-state index contributed by atoms with van der Waals surface area (Å²) in [7, 11) is -3.62. The Labute approximate surface area is 119 Å². The van der Waals surface area contributed by atoms with Gasteiger partial charge in [-0.25, -0.2) is 13.4 Å². The van der Waals surface area contributed by atoms with Crippen molar-refractivity contribution in [2.75, 3.05) is 4.72 Å². The summed E-state index contributed by atoms with van der Waals surface area (Å²) in [5.41, 5.74) is 1.13. The third-order valence-electron chi connectivity index (χ3n) is 3.17. The molecule has 0 fully saturated rings. The lowest BCUT2D eigenvalue weighted by Crippen LogP contribution is -2.14. The van der Waals surface area contributed by atoms with Crippen molar-refractivity contribution in [2.24, 2.45) is 0 Å². The summed E-state index contributed by atoms with van der Waals surface area (Å²) in [6.07, 6.45) is 5.30. The van der Waals surface area contributed by atoms with Crippen LogP contribution in [0.2, 0.25) is 0 Å². The first-order chi connectivity index (χ1) is 9.53. The van der Waals surface area contributed by atoms with Gasteiger partial charge in [-0.3, -0.25) is 9.71 Å². The summed E-state index contributed by atoms with van der Waals surface area (Å²) in [6, 6.07) is 6.92. The van der Waals surface area contributed by atoms with Crippen molar-refractivity contribution in [3.05, 3.63) is 48.4 Å². The molecule has 2 aromatic rings. The Morgan fingerprint density at radius 1 is 1.20 bits per heavy atom. The van der Waals surface area contributed by atoms with Crippen LogP contribution in [0.4, 0.5) is 5.82 Å². The molecule has 0 spiro atoms. The second kappa shape index (κ2) is 6.00. The minimum Gasteiger partial charge on any atom is -0.262 e. The second-order valence-electron chi connectivity index (χ2n) is 4.57. The first-order valence-corrected chi connectivity index (χ1v) is 7.90. The van der Waals surface area contributed by atoms with E-state index in [0.29, 0.717) is 5.92 Å². The van der Waals surface area contributed by atoms with Crippen molar-refractivity contribution in [1.29, 1.82) is 0 Å². The van der Waals surface area contributed by atoms with Crippen molar-refractivity contribution in [3.8, 4) is 0 Å². The van der Waals surface area contributed by atoms with Crippen molar-refractivity contribution in [1.82, 2.24) is 9.97 Å². The molecule has 6 heteroatoms. The summed E-state index contributed by atoms with van der Waals surface area (Å²) in [4.78, 5) is 7.93. The standard InChI is InChI=1S/C14H17N3O2S/c1-3-11(2)12-4-6-13(7-5-12)20(18,19)17-14-10-15-8-9-16-14/h4-11H,3H2,1-2H3,(H,16,17)/t11-/m0/s1. The van der Waals surface area contributed by atoms with Gasteiger partial charge in [0.25, 0.3) is 10.0 Å². The van der Waals surface area contributed by atoms with Gasteiger partial charge in [-0.15, -0.1) is 0 Å². The van der Waals surface area contributed by atoms with Crippen molar-refractivity contribution < 1.29 is 8.42 Å². The van der Waals surface area contributed by atoms with Gasteiger partial charge in [0.15, 0.2) is 5.82 Å². The first kappa shape index (κ1) is 14.5. The lowest BCUT2D eigenvalue weighted by Gasteiger charge is -2.10. The van der Waals surface area contributed by atoms with Crippen molar-refractivity contribution >= 4 is 15.8 Å². The third-order valence-corrected chi connectivity index (χ3v) is 4.54. The molecule has 1 aromatic heterocycles. The Bertz CT molecular complexity index is 655. The maximum absolute atomic E-state index is 12.2. The minimum atomic E-state index is -3.62.